The molecular formula is C10H12FNO. The summed E-state index contributed by atoms with van der Waals surface area (Å²) in [5.41, 5.74) is 1.33. The van der Waals surface area contributed by atoms with Gasteiger partial charge in [0.05, 0.1) is 0 Å². The van der Waals surface area contributed by atoms with E-state index in [0.29, 0.717) is 17.7 Å². The van der Waals surface area contributed by atoms with Crippen molar-refractivity contribution in [3.05, 3.63) is 29.8 Å². The van der Waals surface area contributed by atoms with Crippen LogP contribution in [0.15, 0.2) is 24.3 Å². The van der Waals surface area contributed by atoms with Crippen LogP contribution in [0.1, 0.15) is 18.9 Å². The minimum absolute atomic E-state index is 0.0343. The van der Waals surface area contributed by atoms with Gasteiger partial charge in [0, 0.05) is 12.1 Å². The zero-order valence-corrected chi connectivity index (χ0v) is 7.51. The van der Waals surface area contributed by atoms with Crippen LogP contribution in [0.2, 0.25) is 0 Å². The van der Waals surface area contributed by atoms with Crippen LogP contribution in [0, 0.1) is 0 Å². The van der Waals surface area contributed by atoms with Gasteiger partial charge in [0.25, 0.3) is 0 Å². The van der Waals surface area contributed by atoms with Gasteiger partial charge in [-0.05, 0) is 17.7 Å². The quantitative estimate of drug-likeness (QED) is 0.762. The molecule has 0 aromatic heterocycles. The van der Waals surface area contributed by atoms with E-state index >= 15 is 0 Å². The highest BCUT2D eigenvalue weighted by Crippen LogP contribution is 2.10. The lowest BCUT2D eigenvalue weighted by atomic mass is 10.2. The number of alkyl halides is 1. The van der Waals surface area contributed by atoms with E-state index in [1.165, 1.54) is 0 Å². The largest absolute Gasteiger partial charge is 0.326 e. The Hall–Kier alpha value is -1.38. The summed E-state index contributed by atoms with van der Waals surface area (Å²) >= 11 is 0. The van der Waals surface area contributed by atoms with E-state index in [9.17, 15) is 9.18 Å². The molecule has 0 aliphatic carbocycles. The number of carbonyl (C=O) groups excluding carboxylic acids is 1. The number of carbonyl (C=O) groups is 1. The fraction of sp³-hybridized carbons (Fsp3) is 0.300. The van der Waals surface area contributed by atoms with E-state index in [1.54, 1.807) is 31.2 Å². The monoisotopic (exact) mass is 181 g/mol. The Morgan fingerprint density at radius 2 is 2.00 bits per heavy atom. The van der Waals surface area contributed by atoms with Crippen LogP contribution >= 0.6 is 0 Å². The fourth-order valence-electron chi connectivity index (χ4n) is 0.927. The second kappa shape index (κ2) is 4.60. The molecule has 0 atom stereocenters. The number of rotatable bonds is 3. The number of benzene rings is 1. The van der Waals surface area contributed by atoms with Crippen molar-refractivity contribution >= 4 is 11.6 Å². The SMILES string of the molecule is CCC(=O)Nc1ccc(CF)cc1. The molecule has 1 rings (SSSR count). The molecule has 1 aromatic carbocycles. The topological polar surface area (TPSA) is 29.1 Å². The molecule has 1 N–H and O–H groups in total. The van der Waals surface area contributed by atoms with Crippen molar-refractivity contribution in [2.75, 3.05) is 5.32 Å². The van der Waals surface area contributed by atoms with Crippen molar-refractivity contribution in [1.29, 1.82) is 0 Å². The Balaban J connectivity index is 2.64. The number of nitrogens with one attached hydrogen (secondary N) is 1. The van der Waals surface area contributed by atoms with Crippen molar-refractivity contribution in [2.45, 2.75) is 20.0 Å². The Bertz CT molecular complexity index is 281. The molecule has 0 saturated carbocycles. The molecule has 13 heavy (non-hydrogen) atoms. The van der Waals surface area contributed by atoms with Crippen LogP contribution in [0.5, 0.6) is 0 Å². The van der Waals surface area contributed by atoms with Gasteiger partial charge in [-0.3, -0.25) is 4.79 Å². The highest BCUT2D eigenvalue weighted by atomic mass is 19.1. The Morgan fingerprint density at radius 1 is 1.38 bits per heavy atom. The molecular weight excluding hydrogens is 169 g/mol. The molecule has 3 heteroatoms. The first-order valence-electron chi connectivity index (χ1n) is 4.21. The second-order valence-corrected chi connectivity index (χ2v) is 2.73. The van der Waals surface area contributed by atoms with Gasteiger partial charge < -0.3 is 5.32 Å². The number of hydrogen-bond donors (Lipinski definition) is 1. The van der Waals surface area contributed by atoms with Crippen LogP contribution in [0.4, 0.5) is 10.1 Å². The van der Waals surface area contributed by atoms with Gasteiger partial charge in [-0.25, -0.2) is 4.39 Å². The normalized spacial score (nSPS) is 9.69. The summed E-state index contributed by atoms with van der Waals surface area (Å²) < 4.78 is 12.1. The summed E-state index contributed by atoms with van der Waals surface area (Å²) in [5.74, 6) is -0.0343. The third kappa shape index (κ3) is 2.86. The molecule has 0 radical (unpaired) electrons. The Labute approximate surface area is 76.8 Å². The molecule has 0 fully saturated rings. The van der Waals surface area contributed by atoms with Crippen molar-refractivity contribution in [3.8, 4) is 0 Å². The van der Waals surface area contributed by atoms with Crippen molar-refractivity contribution < 1.29 is 9.18 Å². The minimum Gasteiger partial charge on any atom is -0.326 e. The molecule has 0 unspecified atom stereocenters. The zero-order valence-electron chi connectivity index (χ0n) is 7.51. The van der Waals surface area contributed by atoms with E-state index < -0.39 is 6.67 Å². The van der Waals surface area contributed by atoms with Gasteiger partial charge in [-0.15, -0.1) is 0 Å². The lowest BCUT2D eigenvalue weighted by molar-refractivity contribution is -0.115. The first-order chi connectivity index (χ1) is 6.26. The third-order valence-electron chi connectivity index (χ3n) is 1.71. The number of anilines is 1. The predicted octanol–water partition coefficient (Wildman–Crippen LogP) is 2.50. The van der Waals surface area contributed by atoms with Crippen molar-refractivity contribution in [1.82, 2.24) is 0 Å². The molecule has 0 aliphatic heterocycles. The van der Waals surface area contributed by atoms with Crippen molar-refractivity contribution in [3.63, 3.8) is 0 Å². The Kier molecular flexibility index (Phi) is 3.43. The summed E-state index contributed by atoms with van der Waals surface area (Å²) in [6.07, 6.45) is 0.449. The molecule has 0 saturated heterocycles. The van der Waals surface area contributed by atoms with Gasteiger partial charge in [0.2, 0.25) is 5.91 Å². The predicted molar refractivity (Wildman–Crippen MR) is 50.2 cm³/mol. The first kappa shape index (κ1) is 9.71. The number of halogens is 1. The molecule has 2 nitrogen and oxygen atoms in total. The van der Waals surface area contributed by atoms with E-state index in [-0.39, 0.29) is 5.91 Å². The molecule has 0 spiro atoms. The average Bonchev–Trinajstić information content (AvgIpc) is 2.19. The van der Waals surface area contributed by atoms with E-state index in [2.05, 4.69) is 5.32 Å². The maximum atomic E-state index is 12.1. The molecule has 0 bridgehead atoms. The Morgan fingerprint density at radius 3 is 2.46 bits per heavy atom. The summed E-state index contributed by atoms with van der Waals surface area (Å²) in [5, 5.41) is 2.68. The van der Waals surface area contributed by atoms with Crippen LogP contribution < -0.4 is 5.32 Å². The second-order valence-electron chi connectivity index (χ2n) is 2.73. The van der Waals surface area contributed by atoms with Gasteiger partial charge in [-0.1, -0.05) is 19.1 Å². The van der Waals surface area contributed by atoms with Gasteiger partial charge >= 0.3 is 0 Å². The minimum atomic E-state index is -0.470. The highest BCUT2D eigenvalue weighted by Gasteiger charge is 1.98. The lowest BCUT2D eigenvalue weighted by Crippen LogP contribution is -2.09. The van der Waals surface area contributed by atoms with Gasteiger partial charge in [0.1, 0.15) is 6.67 Å². The van der Waals surface area contributed by atoms with Crippen LogP contribution in [-0.2, 0) is 11.5 Å². The summed E-state index contributed by atoms with van der Waals surface area (Å²) in [4.78, 5) is 11.0. The maximum Gasteiger partial charge on any atom is 0.224 e. The standard InChI is InChI=1S/C10H12FNO/c1-2-10(13)12-9-5-3-8(7-11)4-6-9/h3-6H,2,7H2,1H3,(H,12,13). The third-order valence-corrected chi connectivity index (χ3v) is 1.71. The van der Waals surface area contributed by atoms with E-state index in [1.807, 2.05) is 0 Å². The van der Waals surface area contributed by atoms with Gasteiger partial charge in [0.15, 0.2) is 0 Å². The van der Waals surface area contributed by atoms with Gasteiger partial charge in [-0.2, -0.15) is 0 Å². The number of amides is 1. The molecule has 1 amide bonds. The molecule has 0 heterocycles. The van der Waals surface area contributed by atoms with Crippen LogP contribution in [0.25, 0.3) is 0 Å². The summed E-state index contributed by atoms with van der Waals surface area (Å²) in [6.45, 7) is 1.31. The van der Waals surface area contributed by atoms with Crippen LogP contribution in [0.3, 0.4) is 0 Å². The summed E-state index contributed by atoms with van der Waals surface area (Å²) in [7, 11) is 0. The highest BCUT2D eigenvalue weighted by molar-refractivity contribution is 5.90. The van der Waals surface area contributed by atoms with E-state index in [0.717, 1.165) is 0 Å². The summed E-state index contributed by atoms with van der Waals surface area (Å²) in [6, 6.07) is 6.71. The molecule has 0 aliphatic rings. The first-order valence-corrected chi connectivity index (χ1v) is 4.21. The van der Waals surface area contributed by atoms with Crippen LogP contribution in [-0.4, -0.2) is 5.91 Å². The lowest BCUT2D eigenvalue weighted by Gasteiger charge is -2.03. The molecule has 1 aromatic rings. The number of hydrogen-bond acceptors (Lipinski definition) is 1. The molecule has 70 valence electrons. The smallest absolute Gasteiger partial charge is 0.224 e. The van der Waals surface area contributed by atoms with Crippen molar-refractivity contribution in [2.24, 2.45) is 0 Å². The zero-order chi connectivity index (χ0) is 9.68. The fourth-order valence-corrected chi connectivity index (χ4v) is 0.927. The average molecular weight is 181 g/mol. The maximum absolute atomic E-state index is 12.1. The van der Waals surface area contributed by atoms with E-state index in [4.69, 9.17) is 0 Å².